The van der Waals surface area contributed by atoms with E-state index in [0.29, 0.717) is 16.6 Å². The lowest BCUT2D eigenvalue weighted by molar-refractivity contribution is -0.166. The largest absolute Gasteiger partial charge is 0.299 e. The second kappa shape index (κ2) is 2.49. The monoisotopic (exact) mass is 206 g/mol. The third-order valence-electron chi connectivity index (χ3n) is 5.37. The summed E-state index contributed by atoms with van der Waals surface area (Å²) in [7, 11) is 0. The Hall–Kier alpha value is -0.330. The van der Waals surface area contributed by atoms with Crippen molar-refractivity contribution in [1.82, 2.24) is 0 Å². The van der Waals surface area contributed by atoms with Gasteiger partial charge in [0.05, 0.1) is 0 Å². The van der Waals surface area contributed by atoms with Gasteiger partial charge >= 0.3 is 0 Å². The van der Waals surface area contributed by atoms with Crippen LogP contribution < -0.4 is 0 Å². The number of Topliss-reactive ketones (excluding diaryl/α,β-unsaturated/α-hetero) is 1. The molecule has 2 unspecified atom stereocenters. The van der Waals surface area contributed by atoms with E-state index in [9.17, 15) is 4.79 Å². The van der Waals surface area contributed by atoms with Gasteiger partial charge in [-0.25, -0.2) is 0 Å². The van der Waals surface area contributed by atoms with Gasteiger partial charge in [-0.05, 0) is 62.2 Å². The van der Waals surface area contributed by atoms with Crippen LogP contribution in [0, 0.1) is 22.2 Å². The van der Waals surface area contributed by atoms with Gasteiger partial charge in [0.2, 0.25) is 0 Å². The smallest absolute Gasteiger partial charge is 0.136 e. The number of hydrogen-bond donors (Lipinski definition) is 0. The van der Waals surface area contributed by atoms with Crippen LogP contribution in [0.2, 0.25) is 0 Å². The second-order valence-electron chi connectivity index (χ2n) is 7.47. The van der Waals surface area contributed by atoms with Gasteiger partial charge in [-0.2, -0.15) is 0 Å². The number of carbonyl (C=O) groups is 1. The normalized spacial score (nSPS) is 57.1. The van der Waals surface area contributed by atoms with E-state index in [1.807, 2.05) is 6.92 Å². The molecule has 0 saturated heterocycles. The highest BCUT2D eigenvalue weighted by Crippen LogP contribution is 2.69. The highest BCUT2D eigenvalue weighted by atomic mass is 16.1. The molecule has 0 aromatic heterocycles. The highest BCUT2D eigenvalue weighted by Gasteiger charge is 2.61. The first-order valence-electron chi connectivity index (χ1n) is 6.36. The maximum absolute atomic E-state index is 12.0. The lowest BCUT2D eigenvalue weighted by atomic mass is 9.40. The van der Waals surface area contributed by atoms with Crippen LogP contribution in [0.1, 0.15) is 59.3 Å². The Morgan fingerprint density at radius 2 is 1.53 bits per heavy atom. The standard InChI is InChI=1S/C14H22O/c1-10(15)14-6-11-4-12(2,8-14)7-13(3,5-11)9-14/h11H,4-9H2,1-3H3/t11?,12-,13+,14?. The highest BCUT2D eigenvalue weighted by molar-refractivity contribution is 5.83. The van der Waals surface area contributed by atoms with Crippen molar-refractivity contribution in [2.45, 2.75) is 59.3 Å². The molecular weight excluding hydrogens is 184 g/mol. The van der Waals surface area contributed by atoms with Crippen LogP contribution in [0.15, 0.2) is 0 Å². The van der Waals surface area contributed by atoms with Crippen LogP contribution in [-0.4, -0.2) is 5.78 Å². The van der Waals surface area contributed by atoms with Crippen molar-refractivity contribution in [3.05, 3.63) is 0 Å². The zero-order chi connectivity index (χ0) is 10.9. The van der Waals surface area contributed by atoms with Crippen molar-refractivity contribution < 1.29 is 4.79 Å². The minimum Gasteiger partial charge on any atom is -0.299 e. The summed E-state index contributed by atoms with van der Waals surface area (Å²) in [5.74, 6) is 1.32. The fourth-order valence-corrected chi connectivity index (χ4v) is 5.84. The molecule has 0 amide bonds. The minimum atomic E-state index is 0.0862. The van der Waals surface area contributed by atoms with Gasteiger partial charge in [-0.15, -0.1) is 0 Å². The van der Waals surface area contributed by atoms with Crippen LogP contribution in [0.3, 0.4) is 0 Å². The van der Waals surface area contributed by atoms with E-state index >= 15 is 0 Å². The maximum Gasteiger partial charge on any atom is 0.136 e. The molecular formula is C14H22O. The summed E-state index contributed by atoms with van der Waals surface area (Å²) in [6.45, 7) is 6.68. The maximum atomic E-state index is 12.0. The molecule has 0 spiro atoms. The zero-order valence-corrected chi connectivity index (χ0v) is 10.2. The van der Waals surface area contributed by atoms with Crippen LogP contribution in [-0.2, 0) is 4.79 Å². The summed E-state index contributed by atoms with van der Waals surface area (Å²) in [6.07, 6.45) is 7.71. The number of rotatable bonds is 1. The topological polar surface area (TPSA) is 17.1 Å². The predicted octanol–water partition coefficient (Wildman–Crippen LogP) is 3.57. The molecule has 1 nitrogen and oxygen atoms in total. The van der Waals surface area contributed by atoms with Crippen LogP contribution in [0.25, 0.3) is 0 Å². The molecule has 0 N–H and O–H groups in total. The van der Waals surface area contributed by atoms with Gasteiger partial charge in [-0.1, -0.05) is 13.8 Å². The van der Waals surface area contributed by atoms with E-state index in [2.05, 4.69) is 13.8 Å². The van der Waals surface area contributed by atoms with Gasteiger partial charge < -0.3 is 0 Å². The molecule has 4 rings (SSSR count). The summed E-state index contributed by atoms with van der Waals surface area (Å²) in [5.41, 5.74) is 1.06. The lowest BCUT2D eigenvalue weighted by Crippen LogP contribution is -2.57. The van der Waals surface area contributed by atoms with Gasteiger partial charge in [-0.3, -0.25) is 4.79 Å². The van der Waals surface area contributed by atoms with Gasteiger partial charge in [0.1, 0.15) is 5.78 Å². The fourth-order valence-electron chi connectivity index (χ4n) is 5.84. The molecule has 15 heavy (non-hydrogen) atoms. The van der Waals surface area contributed by atoms with Crippen LogP contribution in [0.4, 0.5) is 0 Å². The van der Waals surface area contributed by atoms with Gasteiger partial charge in [0.25, 0.3) is 0 Å². The summed E-state index contributed by atoms with van der Waals surface area (Å²) in [5, 5.41) is 0. The number of ketones is 1. The number of hydrogen-bond acceptors (Lipinski definition) is 1. The molecule has 4 bridgehead atoms. The molecule has 0 heterocycles. The quantitative estimate of drug-likeness (QED) is 0.641. The molecule has 4 fully saturated rings. The van der Waals surface area contributed by atoms with Gasteiger partial charge in [0, 0.05) is 5.41 Å². The van der Waals surface area contributed by atoms with E-state index in [1.165, 1.54) is 38.5 Å². The zero-order valence-electron chi connectivity index (χ0n) is 10.2. The van der Waals surface area contributed by atoms with Crippen LogP contribution >= 0.6 is 0 Å². The van der Waals surface area contributed by atoms with Crippen molar-refractivity contribution in [3.63, 3.8) is 0 Å². The summed E-state index contributed by atoms with van der Waals surface area (Å²) >= 11 is 0. The second-order valence-corrected chi connectivity index (χ2v) is 7.47. The summed E-state index contributed by atoms with van der Waals surface area (Å²) in [4.78, 5) is 12.0. The Morgan fingerprint density at radius 1 is 1.00 bits per heavy atom. The first kappa shape index (κ1) is 9.86. The Kier molecular flexibility index (Phi) is 1.64. The van der Waals surface area contributed by atoms with Crippen molar-refractivity contribution in [2.75, 3.05) is 0 Å². The number of carbonyl (C=O) groups excluding carboxylic acids is 1. The Labute approximate surface area is 92.6 Å². The van der Waals surface area contributed by atoms with Crippen LogP contribution in [0.5, 0.6) is 0 Å². The molecule has 1 heteroatoms. The van der Waals surface area contributed by atoms with E-state index in [-0.39, 0.29) is 5.41 Å². The van der Waals surface area contributed by atoms with Crippen molar-refractivity contribution in [1.29, 1.82) is 0 Å². The predicted molar refractivity (Wildman–Crippen MR) is 60.5 cm³/mol. The average molecular weight is 206 g/mol. The SMILES string of the molecule is CC(=O)C12CC3C[C@@](C)(C1)C[C@](C)(C3)C2. The first-order chi connectivity index (χ1) is 6.85. The minimum absolute atomic E-state index is 0.0862. The van der Waals surface area contributed by atoms with E-state index < -0.39 is 0 Å². The Balaban J connectivity index is 2.05. The van der Waals surface area contributed by atoms with Crippen molar-refractivity contribution >= 4 is 5.78 Å². The molecule has 0 aromatic rings. The third-order valence-corrected chi connectivity index (χ3v) is 5.37. The molecule has 0 aliphatic heterocycles. The molecule has 0 aromatic carbocycles. The summed E-state index contributed by atoms with van der Waals surface area (Å²) in [6, 6.07) is 0. The first-order valence-corrected chi connectivity index (χ1v) is 6.36. The average Bonchev–Trinajstić information content (AvgIpc) is 1.95. The van der Waals surface area contributed by atoms with Crippen molar-refractivity contribution in [2.24, 2.45) is 22.2 Å². The Morgan fingerprint density at radius 3 is 1.93 bits per heavy atom. The Bertz CT molecular complexity index is 312. The molecule has 4 aliphatic carbocycles. The van der Waals surface area contributed by atoms with E-state index in [4.69, 9.17) is 0 Å². The fraction of sp³-hybridized carbons (Fsp3) is 0.929. The lowest BCUT2D eigenvalue weighted by Gasteiger charge is -2.64. The van der Waals surface area contributed by atoms with E-state index in [0.717, 1.165) is 5.92 Å². The molecule has 4 saturated carbocycles. The molecule has 4 aliphatic rings. The molecule has 4 atom stereocenters. The molecule has 84 valence electrons. The van der Waals surface area contributed by atoms with Gasteiger partial charge in [0.15, 0.2) is 0 Å². The third kappa shape index (κ3) is 1.24. The summed E-state index contributed by atoms with van der Waals surface area (Å²) < 4.78 is 0. The van der Waals surface area contributed by atoms with Crippen molar-refractivity contribution in [3.8, 4) is 0 Å². The molecule has 0 radical (unpaired) electrons. The van der Waals surface area contributed by atoms with E-state index in [1.54, 1.807) is 0 Å².